The van der Waals surface area contributed by atoms with E-state index >= 15 is 0 Å². The molecule has 1 aliphatic carbocycles. The second kappa shape index (κ2) is 5.13. The van der Waals surface area contributed by atoms with Crippen LogP contribution in [0.4, 0.5) is 0 Å². The molecule has 0 saturated heterocycles. The molecule has 0 atom stereocenters. The second-order valence-corrected chi connectivity index (χ2v) is 4.32. The Kier molecular flexibility index (Phi) is 4.11. The molecular formula is C11H18O3. The zero-order valence-electron chi connectivity index (χ0n) is 8.66. The summed E-state index contributed by atoms with van der Waals surface area (Å²) in [5.41, 5.74) is 0. The number of carboxylic acids is 1. The summed E-state index contributed by atoms with van der Waals surface area (Å²) in [5.74, 6) is 0.158. The maximum Gasteiger partial charge on any atom is 0.303 e. The molecule has 0 aromatic heterocycles. The SMILES string of the molecule is C[C@H]1CC[C@@H](C(=O)CCC(=O)O)CC1. The highest BCUT2D eigenvalue weighted by Crippen LogP contribution is 2.29. The summed E-state index contributed by atoms with van der Waals surface area (Å²) < 4.78 is 0. The molecule has 3 nitrogen and oxygen atoms in total. The van der Waals surface area contributed by atoms with Gasteiger partial charge in [-0.2, -0.15) is 0 Å². The lowest BCUT2D eigenvalue weighted by atomic mass is 9.80. The Hall–Kier alpha value is -0.860. The van der Waals surface area contributed by atoms with Gasteiger partial charge in [-0.3, -0.25) is 9.59 Å². The molecule has 14 heavy (non-hydrogen) atoms. The third kappa shape index (κ3) is 3.48. The van der Waals surface area contributed by atoms with Gasteiger partial charge >= 0.3 is 5.97 Å². The van der Waals surface area contributed by atoms with Gasteiger partial charge in [0.25, 0.3) is 0 Å². The van der Waals surface area contributed by atoms with E-state index in [1.54, 1.807) is 0 Å². The zero-order valence-corrected chi connectivity index (χ0v) is 8.66. The van der Waals surface area contributed by atoms with Gasteiger partial charge in [0.2, 0.25) is 0 Å². The van der Waals surface area contributed by atoms with E-state index in [9.17, 15) is 9.59 Å². The normalized spacial score (nSPS) is 27.2. The van der Waals surface area contributed by atoms with Crippen LogP contribution in [0.2, 0.25) is 0 Å². The first-order valence-corrected chi connectivity index (χ1v) is 5.34. The van der Waals surface area contributed by atoms with Gasteiger partial charge in [0.1, 0.15) is 5.78 Å². The van der Waals surface area contributed by atoms with Crippen LogP contribution in [0.15, 0.2) is 0 Å². The standard InChI is InChI=1S/C11H18O3/c1-8-2-4-9(5-3-8)10(12)6-7-11(13)14/h8-9H,2-7H2,1H3,(H,13,14)/t8-,9+. The lowest BCUT2D eigenvalue weighted by Gasteiger charge is -2.24. The van der Waals surface area contributed by atoms with E-state index in [4.69, 9.17) is 5.11 Å². The largest absolute Gasteiger partial charge is 0.481 e. The number of aliphatic carboxylic acids is 1. The minimum absolute atomic E-state index is 0.00904. The summed E-state index contributed by atoms with van der Waals surface area (Å²) in [6, 6.07) is 0. The van der Waals surface area contributed by atoms with Crippen molar-refractivity contribution in [3.05, 3.63) is 0 Å². The monoisotopic (exact) mass is 198 g/mol. The molecule has 0 bridgehead atoms. The van der Waals surface area contributed by atoms with Gasteiger partial charge in [-0.05, 0) is 18.8 Å². The van der Waals surface area contributed by atoms with Crippen molar-refractivity contribution >= 4 is 11.8 Å². The van der Waals surface area contributed by atoms with Crippen LogP contribution in [-0.4, -0.2) is 16.9 Å². The lowest BCUT2D eigenvalue weighted by molar-refractivity contribution is -0.139. The van der Waals surface area contributed by atoms with E-state index in [2.05, 4.69) is 6.92 Å². The third-order valence-corrected chi connectivity index (χ3v) is 3.06. The van der Waals surface area contributed by atoms with Crippen molar-refractivity contribution in [3.63, 3.8) is 0 Å². The van der Waals surface area contributed by atoms with Gasteiger partial charge in [0.15, 0.2) is 0 Å². The van der Waals surface area contributed by atoms with Crippen LogP contribution in [0.25, 0.3) is 0 Å². The maximum absolute atomic E-state index is 11.5. The average molecular weight is 198 g/mol. The fourth-order valence-corrected chi connectivity index (χ4v) is 2.02. The van der Waals surface area contributed by atoms with E-state index < -0.39 is 5.97 Å². The third-order valence-electron chi connectivity index (χ3n) is 3.06. The molecule has 0 amide bonds. The van der Waals surface area contributed by atoms with Gasteiger partial charge in [-0.15, -0.1) is 0 Å². The van der Waals surface area contributed by atoms with Crippen molar-refractivity contribution in [2.24, 2.45) is 11.8 Å². The number of carbonyl (C=O) groups is 2. The minimum atomic E-state index is -0.873. The van der Waals surface area contributed by atoms with Gasteiger partial charge in [0.05, 0.1) is 6.42 Å². The molecule has 1 fully saturated rings. The predicted octanol–water partition coefficient (Wildman–Crippen LogP) is 2.25. The predicted molar refractivity (Wildman–Crippen MR) is 53.0 cm³/mol. The summed E-state index contributed by atoms with van der Waals surface area (Å²) >= 11 is 0. The number of carboxylic acid groups (broad SMARTS) is 1. The first kappa shape index (κ1) is 11.2. The van der Waals surface area contributed by atoms with Crippen molar-refractivity contribution in [2.45, 2.75) is 45.4 Å². The fraction of sp³-hybridized carbons (Fsp3) is 0.818. The lowest BCUT2D eigenvalue weighted by Crippen LogP contribution is -2.21. The summed E-state index contributed by atoms with van der Waals surface area (Å²) in [4.78, 5) is 21.8. The van der Waals surface area contributed by atoms with Crippen LogP contribution in [0.3, 0.4) is 0 Å². The smallest absolute Gasteiger partial charge is 0.303 e. The van der Waals surface area contributed by atoms with E-state index in [0.29, 0.717) is 0 Å². The highest BCUT2D eigenvalue weighted by atomic mass is 16.4. The molecule has 0 aromatic rings. The van der Waals surface area contributed by atoms with Crippen LogP contribution >= 0.6 is 0 Å². The Balaban J connectivity index is 2.27. The molecule has 1 aliphatic rings. The second-order valence-electron chi connectivity index (χ2n) is 4.32. The average Bonchev–Trinajstić information content (AvgIpc) is 2.15. The van der Waals surface area contributed by atoms with E-state index in [1.165, 1.54) is 0 Å². The number of carbonyl (C=O) groups excluding carboxylic acids is 1. The first-order chi connectivity index (χ1) is 6.59. The van der Waals surface area contributed by atoms with E-state index in [-0.39, 0.29) is 24.5 Å². The van der Waals surface area contributed by atoms with Crippen molar-refractivity contribution in [1.29, 1.82) is 0 Å². The molecule has 0 radical (unpaired) electrons. The zero-order chi connectivity index (χ0) is 10.6. The van der Waals surface area contributed by atoms with Crippen molar-refractivity contribution < 1.29 is 14.7 Å². The highest BCUT2D eigenvalue weighted by molar-refractivity contribution is 5.84. The molecule has 0 unspecified atom stereocenters. The van der Waals surface area contributed by atoms with Crippen molar-refractivity contribution in [2.75, 3.05) is 0 Å². The number of hydrogen-bond acceptors (Lipinski definition) is 2. The van der Waals surface area contributed by atoms with E-state index in [0.717, 1.165) is 31.6 Å². The Labute approximate surface area is 84.5 Å². The summed E-state index contributed by atoms with van der Waals surface area (Å²) in [7, 11) is 0. The summed E-state index contributed by atoms with van der Waals surface area (Å²) in [5, 5.41) is 8.45. The Bertz CT molecular complexity index is 215. The highest BCUT2D eigenvalue weighted by Gasteiger charge is 2.24. The molecule has 0 aromatic carbocycles. The molecule has 0 aliphatic heterocycles. The van der Waals surface area contributed by atoms with Crippen LogP contribution in [0.1, 0.15) is 45.4 Å². The molecule has 1 N–H and O–H groups in total. The van der Waals surface area contributed by atoms with Gasteiger partial charge < -0.3 is 5.11 Å². The summed E-state index contributed by atoms with van der Waals surface area (Å²) in [6.07, 6.45) is 4.35. The molecule has 0 heterocycles. The molecule has 3 heteroatoms. The van der Waals surface area contributed by atoms with Crippen LogP contribution in [0.5, 0.6) is 0 Å². The molecular weight excluding hydrogens is 180 g/mol. The first-order valence-electron chi connectivity index (χ1n) is 5.34. The molecule has 1 saturated carbocycles. The Morgan fingerprint density at radius 2 is 1.71 bits per heavy atom. The number of ketones is 1. The number of rotatable bonds is 4. The van der Waals surface area contributed by atoms with E-state index in [1.807, 2.05) is 0 Å². The number of Topliss-reactive ketones (excluding diaryl/α,β-unsaturated/α-hetero) is 1. The van der Waals surface area contributed by atoms with Gasteiger partial charge in [-0.1, -0.05) is 19.8 Å². The topological polar surface area (TPSA) is 54.4 Å². The van der Waals surface area contributed by atoms with Crippen molar-refractivity contribution in [1.82, 2.24) is 0 Å². The molecule has 0 spiro atoms. The van der Waals surface area contributed by atoms with Crippen LogP contribution < -0.4 is 0 Å². The van der Waals surface area contributed by atoms with Gasteiger partial charge in [0, 0.05) is 12.3 Å². The van der Waals surface area contributed by atoms with Crippen molar-refractivity contribution in [3.8, 4) is 0 Å². The Morgan fingerprint density at radius 3 is 2.21 bits per heavy atom. The minimum Gasteiger partial charge on any atom is -0.481 e. The maximum atomic E-state index is 11.5. The molecule has 80 valence electrons. The van der Waals surface area contributed by atoms with Gasteiger partial charge in [-0.25, -0.2) is 0 Å². The van der Waals surface area contributed by atoms with Crippen LogP contribution in [0, 0.1) is 11.8 Å². The summed E-state index contributed by atoms with van der Waals surface area (Å²) in [6.45, 7) is 2.21. The van der Waals surface area contributed by atoms with Crippen LogP contribution in [-0.2, 0) is 9.59 Å². The number of hydrogen-bond donors (Lipinski definition) is 1. The quantitative estimate of drug-likeness (QED) is 0.753. The fourth-order valence-electron chi connectivity index (χ4n) is 2.02. The Morgan fingerprint density at radius 1 is 1.14 bits per heavy atom. The molecule has 1 rings (SSSR count).